The van der Waals surface area contributed by atoms with Gasteiger partial charge in [-0.2, -0.15) is 0 Å². The lowest BCUT2D eigenvalue weighted by Gasteiger charge is -1.89. The highest BCUT2D eigenvalue weighted by molar-refractivity contribution is 9.10. The van der Waals surface area contributed by atoms with Crippen LogP contribution in [0.15, 0.2) is 28.9 Å². The molecule has 1 aliphatic rings. The Morgan fingerprint density at radius 1 is 1.42 bits per heavy atom. The maximum absolute atomic E-state index is 4.31. The minimum Gasteiger partial charge on any atom is -0.255 e. The van der Waals surface area contributed by atoms with Gasteiger partial charge < -0.3 is 0 Å². The zero-order valence-electron chi connectivity index (χ0n) is 6.50. The number of nitrogens with zero attached hydrogens (tertiary/aromatic N) is 1. The first-order chi connectivity index (χ1) is 5.86. The van der Waals surface area contributed by atoms with Gasteiger partial charge >= 0.3 is 0 Å². The van der Waals surface area contributed by atoms with E-state index in [-0.39, 0.29) is 0 Å². The topological polar surface area (TPSA) is 12.9 Å². The van der Waals surface area contributed by atoms with Crippen molar-refractivity contribution in [3.63, 3.8) is 0 Å². The third-order valence-corrected chi connectivity index (χ3v) is 2.21. The summed E-state index contributed by atoms with van der Waals surface area (Å²) in [5.41, 5.74) is 0. The number of fused-ring (bicyclic) bond motifs is 1. The van der Waals surface area contributed by atoms with Crippen molar-refractivity contribution in [3.05, 3.63) is 39.5 Å². The zero-order chi connectivity index (χ0) is 8.39. The molecule has 0 aromatic carbocycles. The van der Waals surface area contributed by atoms with Gasteiger partial charge in [0.2, 0.25) is 0 Å². The Kier molecular flexibility index (Phi) is 2.09. The van der Waals surface area contributed by atoms with E-state index in [0.717, 1.165) is 16.2 Å². The molecule has 0 fully saturated rings. The highest BCUT2D eigenvalue weighted by Crippen LogP contribution is 2.00. The fraction of sp³-hybridized carbons (Fsp3) is 0.100. The molecular formula is C10H8BrN. The quantitative estimate of drug-likeness (QED) is 0.645. The molecule has 1 nitrogen and oxygen atoms in total. The number of rotatable bonds is 0. The lowest BCUT2D eigenvalue weighted by molar-refractivity contribution is 1.20. The van der Waals surface area contributed by atoms with Gasteiger partial charge in [-0.05, 0) is 28.4 Å². The van der Waals surface area contributed by atoms with Crippen LogP contribution in [0.2, 0.25) is 0 Å². The number of aromatic nitrogens is 1. The second-order valence-corrected chi connectivity index (χ2v) is 3.58. The Hall–Kier alpha value is -0.890. The van der Waals surface area contributed by atoms with Gasteiger partial charge in [0.1, 0.15) is 0 Å². The molecule has 0 spiro atoms. The monoisotopic (exact) mass is 221 g/mol. The summed E-state index contributed by atoms with van der Waals surface area (Å²) < 4.78 is 1.03. The van der Waals surface area contributed by atoms with Crippen molar-refractivity contribution in [1.82, 2.24) is 4.98 Å². The van der Waals surface area contributed by atoms with Gasteiger partial charge in [0.25, 0.3) is 0 Å². The first-order valence-corrected chi connectivity index (χ1v) is 4.64. The number of hydrogen-bond donors (Lipinski definition) is 0. The summed E-state index contributed by atoms with van der Waals surface area (Å²) in [7, 11) is 0. The maximum Gasteiger partial charge on any atom is 0.0666 e. The molecule has 1 aromatic rings. The second kappa shape index (κ2) is 3.23. The molecule has 0 N–H and O–H groups in total. The largest absolute Gasteiger partial charge is 0.255 e. The van der Waals surface area contributed by atoms with Crippen molar-refractivity contribution in [1.29, 1.82) is 0 Å². The standard InChI is InChI=1S/C10H8BrN/c11-9-6-8-4-2-1-3-5-10(8)12-7-9/h1-2,4-7H,3H2. The summed E-state index contributed by atoms with van der Waals surface area (Å²) in [6.07, 6.45) is 11.2. The number of allylic oxidation sites excluding steroid dienone is 2. The van der Waals surface area contributed by atoms with E-state index in [1.807, 2.05) is 6.20 Å². The lowest BCUT2D eigenvalue weighted by atomic mass is 10.3. The van der Waals surface area contributed by atoms with Crippen LogP contribution in [0.5, 0.6) is 0 Å². The van der Waals surface area contributed by atoms with Crippen molar-refractivity contribution in [2.45, 2.75) is 6.42 Å². The molecule has 1 aromatic heterocycles. The van der Waals surface area contributed by atoms with Crippen LogP contribution in [-0.4, -0.2) is 4.98 Å². The second-order valence-electron chi connectivity index (χ2n) is 2.66. The molecule has 0 atom stereocenters. The maximum atomic E-state index is 4.31. The van der Waals surface area contributed by atoms with E-state index in [2.05, 4.69) is 51.3 Å². The smallest absolute Gasteiger partial charge is 0.0666 e. The number of hydrogen-bond acceptors (Lipinski definition) is 1. The third-order valence-electron chi connectivity index (χ3n) is 1.78. The molecule has 1 aliphatic carbocycles. The van der Waals surface area contributed by atoms with E-state index in [9.17, 15) is 0 Å². The average molecular weight is 222 g/mol. The van der Waals surface area contributed by atoms with Crippen LogP contribution in [0, 0.1) is 0 Å². The molecule has 2 heteroatoms. The number of pyridine rings is 1. The van der Waals surface area contributed by atoms with E-state index >= 15 is 0 Å². The highest BCUT2D eigenvalue weighted by Gasteiger charge is 1.90. The first-order valence-electron chi connectivity index (χ1n) is 3.85. The predicted molar refractivity (Wildman–Crippen MR) is 53.9 cm³/mol. The van der Waals surface area contributed by atoms with Gasteiger partial charge in [0.15, 0.2) is 0 Å². The van der Waals surface area contributed by atoms with Crippen LogP contribution in [0.1, 0.15) is 6.42 Å². The molecule has 0 radical (unpaired) electrons. The summed E-state index contributed by atoms with van der Waals surface area (Å²) in [5.74, 6) is 0. The molecular weight excluding hydrogens is 214 g/mol. The lowest BCUT2D eigenvalue weighted by Crippen LogP contribution is -2.26. The average Bonchev–Trinajstić information content (AvgIpc) is 2.28. The van der Waals surface area contributed by atoms with E-state index in [1.165, 1.54) is 5.22 Å². The highest BCUT2D eigenvalue weighted by atomic mass is 79.9. The Labute approximate surface area is 79.3 Å². The minimum atomic E-state index is 0.970. The fourth-order valence-corrected chi connectivity index (χ4v) is 1.55. The normalized spacial score (nSPS) is 14.1. The summed E-state index contributed by atoms with van der Waals surface area (Å²) in [6, 6.07) is 2.08. The summed E-state index contributed by atoms with van der Waals surface area (Å²) in [6.45, 7) is 0. The Balaban J connectivity index is 2.79. The van der Waals surface area contributed by atoms with Gasteiger partial charge in [-0.3, -0.25) is 4.98 Å². The van der Waals surface area contributed by atoms with Crippen LogP contribution in [-0.2, 0) is 0 Å². The van der Waals surface area contributed by atoms with Crippen LogP contribution in [0.3, 0.4) is 0 Å². The summed E-state index contributed by atoms with van der Waals surface area (Å²) in [5, 5.41) is 2.25. The Morgan fingerprint density at radius 3 is 3.25 bits per heavy atom. The van der Waals surface area contributed by atoms with Crippen LogP contribution in [0.4, 0.5) is 0 Å². The zero-order valence-corrected chi connectivity index (χ0v) is 8.08. The minimum absolute atomic E-state index is 0.970. The molecule has 0 amide bonds. The van der Waals surface area contributed by atoms with Crippen LogP contribution < -0.4 is 10.6 Å². The van der Waals surface area contributed by atoms with Gasteiger partial charge in [-0.15, -0.1) is 0 Å². The van der Waals surface area contributed by atoms with Crippen molar-refractivity contribution in [3.8, 4) is 0 Å². The summed E-state index contributed by atoms with van der Waals surface area (Å²) in [4.78, 5) is 4.31. The summed E-state index contributed by atoms with van der Waals surface area (Å²) >= 11 is 3.40. The van der Waals surface area contributed by atoms with Crippen LogP contribution >= 0.6 is 15.9 Å². The predicted octanol–water partition coefficient (Wildman–Crippen LogP) is 1.36. The molecule has 12 heavy (non-hydrogen) atoms. The third kappa shape index (κ3) is 1.48. The fourth-order valence-electron chi connectivity index (χ4n) is 1.20. The Bertz CT molecular complexity index is 432. The van der Waals surface area contributed by atoms with Gasteiger partial charge in [-0.1, -0.05) is 24.3 Å². The van der Waals surface area contributed by atoms with E-state index in [4.69, 9.17) is 0 Å². The van der Waals surface area contributed by atoms with E-state index < -0.39 is 0 Å². The molecule has 0 saturated heterocycles. The first kappa shape index (κ1) is 7.74. The van der Waals surface area contributed by atoms with Crippen molar-refractivity contribution in [2.75, 3.05) is 0 Å². The number of halogens is 1. The van der Waals surface area contributed by atoms with Crippen LogP contribution in [0.25, 0.3) is 12.2 Å². The molecule has 0 aliphatic heterocycles. The molecule has 1 heterocycles. The molecule has 0 saturated carbocycles. The van der Waals surface area contributed by atoms with Crippen molar-refractivity contribution < 1.29 is 0 Å². The molecule has 0 bridgehead atoms. The van der Waals surface area contributed by atoms with Gasteiger partial charge in [0.05, 0.1) is 5.35 Å². The molecule has 60 valence electrons. The van der Waals surface area contributed by atoms with Gasteiger partial charge in [-0.25, -0.2) is 0 Å². The Morgan fingerprint density at radius 2 is 2.33 bits per heavy atom. The SMILES string of the molecule is Brc1cnc2c(c1)=CC=CCC=2. The van der Waals surface area contributed by atoms with Crippen molar-refractivity contribution >= 4 is 28.1 Å². The van der Waals surface area contributed by atoms with E-state index in [0.29, 0.717) is 0 Å². The van der Waals surface area contributed by atoms with E-state index in [1.54, 1.807) is 0 Å². The molecule has 2 rings (SSSR count). The molecule has 0 unspecified atom stereocenters. The van der Waals surface area contributed by atoms with Gasteiger partial charge in [0, 0.05) is 15.9 Å². The van der Waals surface area contributed by atoms with Crippen molar-refractivity contribution in [2.24, 2.45) is 0 Å².